The summed E-state index contributed by atoms with van der Waals surface area (Å²) in [5.74, 6) is 5.85. The van der Waals surface area contributed by atoms with Gasteiger partial charge in [0, 0.05) is 22.8 Å². The van der Waals surface area contributed by atoms with E-state index in [-0.39, 0.29) is 23.3 Å². The lowest BCUT2D eigenvalue weighted by Gasteiger charge is -2.06. The average Bonchev–Trinajstić information content (AvgIpc) is 2.38. The number of nitro benzene ring substituents is 1. The van der Waals surface area contributed by atoms with Crippen LogP contribution >= 0.6 is 15.9 Å². The number of non-ortho nitro benzene ring substituents is 1. The highest BCUT2D eigenvalue weighted by Crippen LogP contribution is 2.29. The number of aromatic nitrogens is 2. The highest BCUT2D eigenvalue weighted by Gasteiger charge is 2.10. The van der Waals surface area contributed by atoms with Crippen LogP contribution in [0.4, 0.5) is 11.6 Å². The molecule has 0 aliphatic carbocycles. The van der Waals surface area contributed by atoms with Crippen molar-refractivity contribution < 1.29 is 9.66 Å². The monoisotopic (exact) mass is 325 g/mol. The second-order valence-corrected chi connectivity index (χ2v) is 4.28. The molecule has 8 nitrogen and oxygen atoms in total. The predicted molar refractivity (Wildman–Crippen MR) is 70.7 cm³/mol. The molecule has 1 aromatic heterocycles. The molecule has 0 unspecified atom stereocenters. The highest BCUT2D eigenvalue weighted by molar-refractivity contribution is 9.10. The van der Waals surface area contributed by atoms with Crippen molar-refractivity contribution in [2.75, 3.05) is 5.43 Å². The van der Waals surface area contributed by atoms with Gasteiger partial charge < -0.3 is 4.74 Å². The lowest BCUT2D eigenvalue weighted by atomic mass is 10.3. The number of nitrogens with one attached hydrogen (secondary N) is 1. The van der Waals surface area contributed by atoms with E-state index in [1.165, 1.54) is 24.4 Å². The summed E-state index contributed by atoms with van der Waals surface area (Å²) >= 11 is 3.17. The normalized spacial score (nSPS) is 10.0. The van der Waals surface area contributed by atoms with E-state index in [1.54, 1.807) is 6.07 Å². The maximum absolute atomic E-state index is 10.7. The van der Waals surface area contributed by atoms with Gasteiger partial charge in [-0.1, -0.05) is 15.9 Å². The van der Waals surface area contributed by atoms with Crippen LogP contribution in [0.25, 0.3) is 0 Å². The zero-order valence-corrected chi connectivity index (χ0v) is 11.0. The van der Waals surface area contributed by atoms with Crippen molar-refractivity contribution in [2.45, 2.75) is 0 Å². The number of hydrogen-bond acceptors (Lipinski definition) is 7. The first-order valence-corrected chi connectivity index (χ1v) is 5.80. The number of halogens is 1. The fourth-order valence-electron chi connectivity index (χ4n) is 1.30. The third-order valence-electron chi connectivity index (χ3n) is 2.05. The highest BCUT2D eigenvalue weighted by atomic mass is 79.9. The molecule has 0 atom stereocenters. The van der Waals surface area contributed by atoms with Crippen molar-refractivity contribution in [3.8, 4) is 11.6 Å². The second-order valence-electron chi connectivity index (χ2n) is 3.37. The van der Waals surface area contributed by atoms with Crippen LogP contribution in [-0.4, -0.2) is 14.9 Å². The summed E-state index contributed by atoms with van der Waals surface area (Å²) in [4.78, 5) is 18.0. The molecule has 2 aromatic rings. The van der Waals surface area contributed by atoms with Gasteiger partial charge in [0.05, 0.1) is 11.0 Å². The number of hydrogen-bond donors (Lipinski definition) is 2. The van der Waals surface area contributed by atoms with Crippen molar-refractivity contribution >= 4 is 27.6 Å². The Bertz CT molecular complexity index is 622. The van der Waals surface area contributed by atoms with E-state index < -0.39 is 4.92 Å². The molecule has 19 heavy (non-hydrogen) atoms. The number of nitrogen functional groups attached to an aromatic ring is 1. The average molecular weight is 326 g/mol. The fourth-order valence-corrected chi connectivity index (χ4v) is 1.76. The van der Waals surface area contributed by atoms with Crippen LogP contribution in [0.5, 0.6) is 11.6 Å². The summed E-state index contributed by atoms with van der Waals surface area (Å²) in [6.45, 7) is 0. The molecule has 98 valence electrons. The SMILES string of the molecule is NNc1nccc(Oc2cc(Br)cc([N+](=O)[O-])c2)n1. The number of nitro groups is 1. The van der Waals surface area contributed by atoms with E-state index in [0.717, 1.165) is 0 Å². The van der Waals surface area contributed by atoms with Crippen molar-refractivity contribution in [1.82, 2.24) is 9.97 Å². The van der Waals surface area contributed by atoms with Crippen molar-refractivity contribution in [3.05, 3.63) is 45.0 Å². The Morgan fingerprint density at radius 3 is 2.89 bits per heavy atom. The van der Waals surface area contributed by atoms with Crippen molar-refractivity contribution in [1.29, 1.82) is 0 Å². The van der Waals surface area contributed by atoms with Crippen LogP contribution in [-0.2, 0) is 0 Å². The van der Waals surface area contributed by atoms with Crippen LogP contribution in [0, 0.1) is 10.1 Å². The molecule has 1 heterocycles. The Morgan fingerprint density at radius 2 is 2.21 bits per heavy atom. The number of anilines is 1. The van der Waals surface area contributed by atoms with Crippen LogP contribution in [0.1, 0.15) is 0 Å². The third kappa shape index (κ3) is 3.36. The van der Waals surface area contributed by atoms with Gasteiger partial charge in [-0.2, -0.15) is 4.98 Å². The first-order chi connectivity index (χ1) is 9.08. The molecule has 0 saturated carbocycles. The topological polar surface area (TPSA) is 116 Å². The Balaban J connectivity index is 2.29. The third-order valence-corrected chi connectivity index (χ3v) is 2.51. The van der Waals surface area contributed by atoms with E-state index in [0.29, 0.717) is 4.47 Å². The quantitative estimate of drug-likeness (QED) is 0.502. The molecule has 3 N–H and O–H groups in total. The number of rotatable bonds is 4. The summed E-state index contributed by atoms with van der Waals surface area (Å²) in [6.07, 6.45) is 1.45. The van der Waals surface area contributed by atoms with Gasteiger partial charge in [0.15, 0.2) is 0 Å². The van der Waals surface area contributed by atoms with Crippen molar-refractivity contribution in [2.24, 2.45) is 5.84 Å². The number of hydrazine groups is 1. The van der Waals surface area contributed by atoms with E-state index >= 15 is 0 Å². The zero-order chi connectivity index (χ0) is 13.8. The summed E-state index contributed by atoms with van der Waals surface area (Å²) in [5.41, 5.74) is 2.19. The Hall–Kier alpha value is -2.26. The summed E-state index contributed by atoms with van der Waals surface area (Å²) in [6, 6.07) is 5.76. The number of nitrogens with zero attached hydrogens (tertiary/aromatic N) is 3. The largest absolute Gasteiger partial charge is 0.439 e. The molecular weight excluding hydrogens is 318 g/mol. The van der Waals surface area contributed by atoms with Crippen LogP contribution in [0.2, 0.25) is 0 Å². The van der Waals surface area contributed by atoms with Crippen LogP contribution in [0.15, 0.2) is 34.9 Å². The summed E-state index contributed by atoms with van der Waals surface area (Å²) in [5, 5.41) is 10.7. The summed E-state index contributed by atoms with van der Waals surface area (Å²) in [7, 11) is 0. The molecule has 0 saturated heterocycles. The maximum Gasteiger partial charge on any atom is 0.274 e. The van der Waals surface area contributed by atoms with E-state index in [1.807, 2.05) is 0 Å². The lowest BCUT2D eigenvalue weighted by molar-refractivity contribution is -0.385. The molecule has 0 spiro atoms. The first-order valence-electron chi connectivity index (χ1n) is 5.01. The summed E-state index contributed by atoms with van der Waals surface area (Å²) < 4.78 is 5.94. The van der Waals surface area contributed by atoms with Gasteiger partial charge in [-0.15, -0.1) is 0 Å². The van der Waals surface area contributed by atoms with E-state index in [2.05, 4.69) is 31.3 Å². The Morgan fingerprint density at radius 1 is 1.42 bits per heavy atom. The molecule has 0 bridgehead atoms. The first kappa shape index (κ1) is 13.2. The second kappa shape index (κ2) is 5.59. The minimum absolute atomic E-state index is 0.0874. The molecule has 1 aromatic carbocycles. The van der Waals surface area contributed by atoms with E-state index in [4.69, 9.17) is 10.6 Å². The van der Waals surface area contributed by atoms with E-state index in [9.17, 15) is 10.1 Å². The minimum Gasteiger partial charge on any atom is -0.439 e. The molecule has 0 aliphatic heterocycles. The van der Waals surface area contributed by atoms with Gasteiger partial charge in [-0.25, -0.2) is 10.8 Å². The van der Waals surface area contributed by atoms with Crippen molar-refractivity contribution in [3.63, 3.8) is 0 Å². The molecule has 0 aliphatic rings. The molecular formula is C10H8BrN5O3. The smallest absolute Gasteiger partial charge is 0.274 e. The van der Waals surface area contributed by atoms with Gasteiger partial charge in [-0.05, 0) is 6.07 Å². The molecule has 2 rings (SSSR count). The predicted octanol–water partition coefficient (Wildman–Crippen LogP) is 2.23. The van der Waals surface area contributed by atoms with Gasteiger partial charge in [0.2, 0.25) is 11.8 Å². The number of nitrogens with two attached hydrogens (primary N) is 1. The van der Waals surface area contributed by atoms with Gasteiger partial charge >= 0.3 is 0 Å². The lowest BCUT2D eigenvalue weighted by Crippen LogP contribution is -2.10. The van der Waals surface area contributed by atoms with Crippen LogP contribution < -0.4 is 16.0 Å². The zero-order valence-electron chi connectivity index (χ0n) is 9.41. The van der Waals surface area contributed by atoms with Gasteiger partial charge in [0.1, 0.15) is 5.75 Å². The molecule has 0 amide bonds. The maximum atomic E-state index is 10.7. The molecule has 0 fully saturated rings. The Labute approximate surface area is 115 Å². The van der Waals surface area contributed by atoms with Gasteiger partial charge in [0.25, 0.3) is 5.69 Å². The standard InChI is InChI=1S/C10H8BrN5O3/c11-6-3-7(16(17)18)5-8(4-6)19-9-1-2-13-10(14-9)15-12/h1-5H,12H2,(H,13,14,15). The molecule has 9 heteroatoms. The van der Waals surface area contributed by atoms with Gasteiger partial charge in [-0.3, -0.25) is 15.5 Å². The van der Waals surface area contributed by atoms with Crippen LogP contribution in [0.3, 0.4) is 0 Å². The molecule has 0 radical (unpaired) electrons. The number of ether oxygens (including phenoxy) is 1. The minimum atomic E-state index is -0.509. The number of benzene rings is 1. The fraction of sp³-hybridized carbons (Fsp3) is 0. The Kier molecular flexibility index (Phi) is 3.88.